The van der Waals surface area contributed by atoms with Crippen molar-refractivity contribution >= 4 is 21.8 Å². The molecule has 0 aromatic heterocycles. The van der Waals surface area contributed by atoms with E-state index in [-0.39, 0.29) is 11.8 Å². The summed E-state index contributed by atoms with van der Waals surface area (Å²) in [6.45, 7) is 0.991. The summed E-state index contributed by atoms with van der Waals surface area (Å²) in [4.78, 5) is 13.6. The number of hydrogen-bond donors (Lipinski definition) is 0. The molecule has 1 aromatic carbocycles. The molecule has 0 spiro atoms. The average Bonchev–Trinajstić information content (AvgIpc) is 2.41. The maximum absolute atomic E-state index is 11.9. The van der Waals surface area contributed by atoms with Crippen LogP contribution in [0.3, 0.4) is 0 Å². The van der Waals surface area contributed by atoms with Crippen LogP contribution in [0.2, 0.25) is 0 Å². The van der Waals surface area contributed by atoms with Crippen LogP contribution in [0.15, 0.2) is 22.7 Å². The third-order valence-corrected chi connectivity index (χ3v) is 3.78. The number of carbonyl (C=O) groups excluding carboxylic acids is 1. The van der Waals surface area contributed by atoms with E-state index >= 15 is 0 Å². The van der Waals surface area contributed by atoms with Gasteiger partial charge in [0.15, 0.2) is 0 Å². The Morgan fingerprint density at radius 1 is 1.58 bits per heavy atom. The number of ether oxygens (including phenoxy) is 1. The molecule has 0 saturated carbocycles. The van der Waals surface area contributed by atoms with Gasteiger partial charge in [-0.2, -0.15) is 5.26 Å². The molecule has 5 heteroatoms. The monoisotopic (exact) mass is 322 g/mol. The number of amides is 1. The maximum atomic E-state index is 11.9. The summed E-state index contributed by atoms with van der Waals surface area (Å²) in [5.41, 5.74) is 0.948. The molecule has 1 unspecified atom stereocenters. The van der Waals surface area contributed by atoms with Gasteiger partial charge in [-0.3, -0.25) is 4.79 Å². The Morgan fingerprint density at radius 2 is 2.37 bits per heavy atom. The van der Waals surface area contributed by atoms with Crippen molar-refractivity contribution in [3.63, 3.8) is 0 Å². The summed E-state index contributed by atoms with van der Waals surface area (Å²) in [6, 6.07) is 7.96. The molecule has 0 radical (unpaired) electrons. The molecule has 19 heavy (non-hydrogen) atoms. The van der Waals surface area contributed by atoms with E-state index in [0.717, 1.165) is 15.8 Å². The second-order valence-electron chi connectivity index (χ2n) is 4.60. The molecule has 100 valence electrons. The van der Waals surface area contributed by atoms with E-state index in [1.165, 1.54) is 0 Å². The Labute approximate surface area is 121 Å². The minimum atomic E-state index is -0.0594. The largest absolute Gasteiger partial charge is 0.496 e. The quantitative estimate of drug-likeness (QED) is 0.859. The fraction of sp³-hybridized carbons (Fsp3) is 0.429. The lowest BCUT2D eigenvalue weighted by molar-refractivity contribution is -0.134. The zero-order valence-electron chi connectivity index (χ0n) is 10.7. The van der Waals surface area contributed by atoms with Crippen LogP contribution in [0.1, 0.15) is 18.4 Å². The van der Waals surface area contributed by atoms with Gasteiger partial charge in [-0.1, -0.05) is 15.9 Å². The summed E-state index contributed by atoms with van der Waals surface area (Å²) in [5, 5.41) is 8.99. The minimum Gasteiger partial charge on any atom is -0.496 e. The molecule has 1 heterocycles. The molecule has 1 amide bonds. The molecule has 0 N–H and O–H groups in total. The third kappa shape index (κ3) is 3.27. The van der Waals surface area contributed by atoms with Gasteiger partial charge in [-0.25, -0.2) is 0 Å². The van der Waals surface area contributed by atoms with Crippen LogP contribution in [0.5, 0.6) is 5.75 Å². The van der Waals surface area contributed by atoms with Crippen molar-refractivity contribution in [3.8, 4) is 11.8 Å². The number of likely N-dealkylation sites (tertiary alicyclic amines) is 1. The van der Waals surface area contributed by atoms with Crippen LogP contribution >= 0.6 is 15.9 Å². The Kier molecular flexibility index (Phi) is 4.43. The third-order valence-electron chi connectivity index (χ3n) is 3.29. The van der Waals surface area contributed by atoms with Gasteiger partial charge in [-0.15, -0.1) is 0 Å². The predicted octanol–water partition coefficient (Wildman–Crippen LogP) is 2.72. The number of halogens is 1. The van der Waals surface area contributed by atoms with Crippen LogP contribution in [-0.4, -0.2) is 24.5 Å². The number of methoxy groups -OCH3 is 1. The van der Waals surface area contributed by atoms with Gasteiger partial charge in [-0.05, 0) is 24.6 Å². The Balaban J connectivity index is 2.17. The number of nitrogens with zero attached hydrogens (tertiary/aromatic N) is 2. The van der Waals surface area contributed by atoms with Gasteiger partial charge in [0.05, 0.1) is 19.1 Å². The SMILES string of the molecule is COc1ccc(Br)cc1CN1CC(C#N)CCC1=O. The minimum absolute atomic E-state index is 0.0594. The first-order chi connectivity index (χ1) is 9.13. The van der Waals surface area contributed by atoms with Crippen molar-refractivity contribution < 1.29 is 9.53 Å². The van der Waals surface area contributed by atoms with Crippen LogP contribution in [-0.2, 0) is 11.3 Å². The molecule has 1 aliphatic rings. The van der Waals surface area contributed by atoms with Crippen molar-refractivity contribution in [1.82, 2.24) is 4.90 Å². The van der Waals surface area contributed by atoms with Gasteiger partial charge in [0.1, 0.15) is 5.75 Å². The highest BCUT2D eigenvalue weighted by atomic mass is 79.9. The van der Waals surface area contributed by atoms with E-state index < -0.39 is 0 Å². The number of benzene rings is 1. The lowest BCUT2D eigenvalue weighted by Gasteiger charge is -2.30. The van der Waals surface area contributed by atoms with Crippen molar-refractivity contribution in [2.24, 2.45) is 5.92 Å². The summed E-state index contributed by atoms with van der Waals surface area (Å²) >= 11 is 3.42. The van der Waals surface area contributed by atoms with E-state index in [0.29, 0.717) is 25.9 Å². The van der Waals surface area contributed by atoms with Crippen LogP contribution in [0.25, 0.3) is 0 Å². The summed E-state index contributed by atoms with van der Waals surface area (Å²) < 4.78 is 6.26. The number of rotatable bonds is 3. The first kappa shape index (κ1) is 13.9. The van der Waals surface area contributed by atoms with Crippen molar-refractivity contribution in [3.05, 3.63) is 28.2 Å². The molecule has 1 atom stereocenters. The second-order valence-corrected chi connectivity index (χ2v) is 5.51. The average molecular weight is 323 g/mol. The van der Waals surface area contributed by atoms with Crippen LogP contribution < -0.4 is 4.74 Å². The first-order valence-electron chi connectivity index (χ1n) is 6.14. The molecule has 0 bridgehead atoms. The zero-order chi connectivity index (χ0) is 13.8. The van der Waals surface area contributed by atoms with Crippen LogP contribution in [0.4, 0.5) is 0 Å². The molecule has 4 nitrogen and oxygen atoms in total. The number of piperidine rings is 1. The lowest BCUT2D eigenvalue weighted by Crippen LogP contribution is -2.39. The number of carbonyl (C=O) groups is 1. The molecule has 1 fully saturated rings. The molecule has 1 aliphatic heterocycles. The highest BCUT2D eigenvalue weighted by Gasteiger charge is 2.26. The van der Waals surface area contributed by atoms with Gasteiger partial charge in [0.2, 0.25) is 5.91 Å². The smallest absolute Gasteiger partial charge is 0.222 e. The first-order valence-corrected chi connectivity index (χ1v) is 6.93. The van der Waals surface area contributed by atoms with Crippen molar-refractivity contribution in [2.75, 3.05) is 13.7 Å². The van der Waals surface area contributed by atoms with Crippen LogP contribution in [0, 0.1) is 17.2 Å². The fourth-order valence-corrected chi connectivity index (χ4v) is 2.66. The zero-order valence-corrected chi connectivity index (χ0v) is 12.3. The maximum Gasteiger partial charge on any atom is 0.222 e. The highest BCUT2D eigenvalue weighted by molar-refractivity contribution is 9.10. The predicted molar refractivity (Wildman–Crippen MR) is 74.4 cm³/mol. The van der Waals surface area contributed by atoms with E-state index in [4.69, 9.17) is 10.00 Å². The van der Waals surface area contributed by atoms with Crippen molar-refractivity contribution in [2.45, 2.75) is 19.4 Å². The molecule has 0 aliphatic carbocycles. The Bertz CT molecular complexity index is 525. The summed E-state index contributed by atoms with van der Waals surface area (Å²) in [7, 11) is 1.61. The standard InChI is InChI=1S/C14H15BrN2O2/c1-19-13-4-3-12(15)6-11(13)9-17-8-10(7-16)2-5-14(17)18/h3-4,6,10H,2,5,8-9H2,1H3. The number of nitriles is 1. The Hall–Kier alpha value is -1.54. The summed E-state index contributed by atoms with van der Waals surface area (Å²) in [5.74, 6) is 0.805. The molecular formula is C14H15BrN2O2. The van der Waals surface area contributed by atoms with Gasteiger partial charge in [0, 0.05) is 29.5 Å². The lowest BCUT2D eigenvalue weighted by atomic mass is 9.98. The fourth-order valence-electron chi connectivity index (χ4n) is 2.25. The normalized spacial score (nSPS) is 19.1. The molecule has 2 rings (SSSR count). The highest BCUT2D eigenvalue weighted by Crippen LogP contribution is 2.26. The van der Waals surface area contributed by atoms with E-state index in [2.05, 4.69) is 22.0 Å². The Morgan fingerprint density at radius 3 is 3.05 bits per heavy atom. The second kappa shape index (κ2) is 6.07. The topological polar surface area (TPSA) is 53.3 Å². The molecular weight excluding hydrogens is 308 g/mol. The van der Waals surface area contributed by atoms with Gasteiger partial charge >= 0.3 is 0 Å². The van der Waals surface area contributed by atoms with E-state index in [1.807, 2.05) is 18.2 Å². The van der Waals surface area contributed by atoms with E-state index in [1.54, 1.807) is 12.0 Å². The van der Waals surface area contributed by atoms with Gasteiger partial charge < -0.3 is 9.64 Å². The number of hydrogen-bond acceptors (Lipinski definition) is 3. The van der Waals surface area contributed by atoms with Crippen molar-refractivity contribution in [1.29, 1.82) is 5.26 Å². The summed E-state index contributed by atoms with van der Waals surface area (Å²) in [6.07, 6.45) is 1.12. The van der Waals surface area contributed by atoms with Gasteiger partial charge in [0.25, 0.3) is 0 Å². The molecule has 1 saturated heterocycles. The van der Waals surface area contributed by atoms with E-state index in [9.17, 15) is 4.79 Å². The molecule has 1 aromatic rings.